The highest BCUT2D eigenvalue weighted by Gasteiger charge is 2.17. The Hall–Kier alpha value is -3.11. The summed E-state index contributed by atoms with van der Waals surface area (Å²) in [7, 11) is 0. The molecule has 0 fully saturated rings. The van der Waals surface area contributed by atoms with Crippen LogP contribution in [0.4, 0.5) is 5.82 Å². The highest BCUT2D eigenvalue weighted by molar-refractivity contribution is 6.30. The Morgan fingerprint density at radius 3 is 2.38 bits per heavy atom. The third kappa shape index (κ3) is 3.32. The Morgan fingerprint density at radius 2 is 1.58 bits per heavy atom. The van der Waals surface area contributed by atoms with E-state index in [1.165, 1.54) is 0 Å². The van der Waals surface area contributed by atoms with Crippen molar-refractivity contribution in [2.45, 2.75) is 6.04 Å². The van der Waals surface area contributed by atoms with Crippen LogP contribution >= 0.6 is 11.6 Å². The minimum atomic E-state index is -0.209. The molecular formula is C21H16ClN3O. The van der Waals surface area contributed by atoms with Gasteiger partial charge in [0, 0.05) is 22.8 Å². The van der Waals surface area contributed by atoms with Crippen molar-refractivity contribution in [1.82, 2.24) is 9.97 Å². The van der Waals surface area contributed by atoms with E-state index in [4.69, 9.17) is 11.6 Å². The van der Waals surface area contributed by atoms with Gasteiger partial charge in [-0.15, -0.1) is 0 Å². The molecule has 2 heterocycles. The standard InChI is InChI=1S/C21H16ClN3O/c22-17-9-7-15(8-10-17)20(25-21-19(26)4-2-12-24-21)16-6-5-14-3-1-11-23-18(14)13-16/h1-13,20,26H,(H,24,25). The fourth-order valence-electron chi connectivity index (χ4n) is 2.92. The summed E-state index contributed by atoms with van der Waals surface area (Å²) < 4.78 is 0. The largest absolute Gasteiger partial charge is 0.504 e. The molecule has 128 valence electrons. The monoisotopic (exact) mass is 361 g/mol. The fraction of sp³-hybridized carbons (Fsp3) is 0.0476. The van der Waals surface area contributed by atoms with Crippen molar-refractivity contribution >= 4 is 28.3 Å². The average Bonchev–Trinajstić information content (AvgIpc) is 2.68. The van der Waals surface area contributed by atoms with Gasteiger partial charge in [-0.3, -0.25) is 4.98 Å². The van der Waals surface area contributed by atoms with Crippen molar-refractivity contribution in [3.05, 3.63) is 95.3 Å². The zero-order valence-electron chi connectivity index (χ0n) is 13.8. The van der Waals surface area contributed by atoms with E-state index in [0.29, 0.717) is 10.8 Å². The first-order valence-corrected chi connectivity index (χ1v) is 8.59. The Morgan fingerprint density at radius 1 is 0.846 bits per heavy atom. The second-order valence-corrected chi connectivity index (χ2v) is 6.39. The third-order valence-corrected chi connectivity index (χ3v) is 4.49. The minimum absolute atomic E-state index is 0.102. The Labute approximate surface area is 156 Å². The summed E-state index contributed by atoms with van der Waals surface area (Å²) in [6.45, 7) is 0. The van der Waals surface area contributed by atoms with E-state index in [1.807, 2.05) is 48.5 Å². The number of halogens is 1. The molecule has 1 unspecified atom stereocenters. The molecule has 0 amide bonds. The van der Waals surface area contributed by atoms with Crippen molar-refractivity contribution in [2.75, 3.05) is 5.32 Å². The van der Waals surface area contributed by atoms with Gasteiger partial charge in [0.15, 0.2) is 11.6 Å². The van der Waals surface area contributed by atoms with Gasteiger partial charge < -0.3 is 10.4 Å². The maximum Gasteiger partial charge on any atom is 0.169 e. The SMILES string of the molecule is Oc1cccnc1NC(c1ccc(Cl)cc1)c1ccc2cccnc2c1. The van der Waals surface area contributed by atoms with E-state index in [1.54, 1.807) is 24.5 Å². The molecule has 0 radical (unpaired) electrons. The summed E-state index contributed by atoms with van der Waals surface area (Å²) in [5.41, 5.74) is 2.94. The molecule has 0 aliphatic heterocycles. The normalized spacial score (nSPS) is 12.0. The predicted molar refractivity (Wildman–Crippen MR) is 105 cm³/mol. The first kappa shape index (κ1) is 16.4. The van der Waals surface area contributed by atoms with Gasteiger partial charge in [0.05, 0.1) is 11.6 Å². The lowest BCUT2D eigenvalue weighted by Crippen LogP contribution is -2.13. The maximum atomic E-state index is 10.1. The molecular weight excluding hydrogens is 346 g/mol. The summed E-state index contributed by atoms with van der Waals surface area (Å²) in [6.07, 6.45) is 3.42. The van der Waals surface area contributed by atoms with Gasteiger partial charge in [0.25, 0.3) is 0 Å². The lowest BCUT2D eigenvalue weighted by molar-refractivity contribution is 0.474. The number of fused-ring (bicyclic) bond motifs is 1. The zero-order valence-corrected chi connectivity index (χ0v) is 14.6. The van der Waals surface area contributed by atoms with Crippen LogP contribution in [-0.4, -0.2) is 15.1 Å². The van der Waals surface area contributed by atoms with Crippen LogP contribution < -0.4 is 5.32 Å². The molecule has 2 aromatic carbocycles. The number of pyridine rings is 2. The first-order chi connectivity index (χ1) is 12.7. The molecule has 4 nitrogen and oxygen atoms in total. The van der Waals surface area contributed by atoms with Crippen molar-refractivity contribution in [3.8, 4) is 5.75 Å². The Kier molecular flexibility index (Phi) is 4.42. The predicted octanol–water partition coefficient (Wildman–Crippen LogP) is 5.19. The number of nitrogens with one attached hydrogen (secondary N) is 1. The third-order valence-electron chi connectivity index (χ3n) is 4.23. The van der Waals surface area contributed by atoms with Crippen molar-refractivity contribution in [1.29, 1.82) is 0 Å². The van der Waals surface area contributed by atoms with E-state index in [9.17, 15) is 5.11 Å². The van der Waals surface area contributed by atoms with Crippen molar-refractivity contribution in [3.63, 3.8) is 0 Å². The van der Waals surface area contributed by atoms with Crippen LogP contribution in [-0.2, 0) is 0 Å². The van der Waals surface area contributed by atoms with Crippen molar-refractivity contribution < 1.29 is 5.11 Å². The molecule has 0 aliphatic carbocycles. The second-order valence-electron chi connectivity index (χ2n) is 5.96. The Bertz CT molecular complexity index is 1050. The maximum absolute atomic E-state index is 10.1. The summed E-state index contributed by atoms with van der Waals surface area (Å²) in [5, 5.41) is 15.2. The molecule has 5 heteroatoms. The molecule has 0 saturated carbocycles. The summed E-state index contributed by atoms with van der Waals surface area (Å²) in [4.78, 5) is 8.69. The number of hydrogen-bond acceptors (Lipinski definition) is 4. The van der Waals surface area contributed by atoms with Crippen LogP contribution in [0.2, 0.25) is 5.02 Å². The molecule has 0 spiro atoms. The molecule has 0 bridgehead atoms. The number of rotatable bonds is 4. The second kappa shape index (κ2) is 7.02. The van der Waals surface area contributed by atoms with Crippen LogP contribution in [0, 0.1) is 0 Å². The van der Waals surface area contributed by atoms with Gasteiger partial charge in [-0.05, 0) is 47.5 Å². The molecule has 0 aliphatic rings. The van der Waals surface area contributed by atoms with E-state index < -0.39 is 0 Å². The van der Waals surface area contributed by atoms with Gasteiger partial charge in [-0.2, -0.15) is 0 Å². The number of aromatic nitrogens is 2. The van der Waals surface area contributed by atoms with Crippen LogP contribution in [0.1, 0.15) is 17.2 Å². The summed E-state index contributed by atoms with van der Waals surface area (Å²) in [5.74, 6) is 0.527. The van der Waals surface area contributed by atoms with E-state index in [0.717, 1.165) is 22.0 Å². The van der Waals surface area contributed by atoms with Gasteiger partial charge in [-0.1, -0.05) is 41.9 Å². The minimum Gasteiger partial charge on any atom is -0.504 e. The number of hydrogen-bond donors (Lipinski definition) is 2. The molecule has 2 N–H and O–H groups in total. The van der Waals surface area contributed by atoms with Gasteiger partial charge in [0.1, 0.15) is 0 Å². The number of nitrogens with zero attached hydrogens (tertiary/aromatic N) is 2. The molecule has 2 aromatic heterocycles. The molecule has 4 aromatic rings. The molecule has 1 atom stereocenters. The van der Waals surface area contributed by atoms with Crippen molar-refractivity contribution in [2.24, 2.45) is 0 Å². The van der Waals surface area contributed by atoms with E-state index >= 15 is 0 Å². The Balaban J connectivity index is 1.80. The average molecular weight is 362 g/mol. The molecule has 4 rings (SSSR count). The summed E-state index contributed by atoms with van der Waals surface area (Å²) in [6, 6.07) is 20.8. The number of benzene rings is 2. The lowest BCUT2D eigenvalue weighted by atomic mass is 9.97. The summed E-state index contributed by atoms with van der Waals surface area (Å²) >= 11 is 6.04. The lowest BCUT2D eigenvalue weighted by Gasteiger charge is -2.21. The number of anilines is 1. The van der Waals surface area contributed by atoms with E-state index in [2.05, 4.69) is 21.4 Å². The zero-order chi connectivity index (χ0) is 17.9. The van der Waals surface area contributed by atoms with Gasteiger partial charge in [-0.25, -0.2) is 4.98 Å². The van der Waals surface area contributed by atoms with Crippen LogP contribution in [0.25, 0.3) is 10.9 Å². The quantitative estimate of drug-likeness (QED) is 0.525. The topological polar surface area (TPSA) is 58.0 Å². The van der Waals surface area contributed by atoms with E-state index in [-0.39, 0.29) is 11.8 Å². The highest BCUT2D eigenvalue weighted by atomic mass is 35.5. The smallest absolute Gasteiger partial charge is 0.169 e. The number of aromatic hydroxyl groups is 1. The van der Waals surface area contributed by atoms with Gasteiger partial charge in [0.2, 0.25) is 0 Å². The fourth-order valence-corrected chi connectivity index (χ4v) is 3.05. The highest BCUT2D eigenvalue weighted by Crippen LogP contribution is 2.31. The molecule has 0 saturated heterocycles. The molecule has 26 heavy (non-hydrogen) atoms. The first-order valence-electron chi connectivity index (χ1n) is 8.21. The van der Waals surface area contributed by atoms with Crippen LogP contribution in [0.5, 0.6) is 5.75 Å². The van der Waals surface area contributed by atoms with Gasteiger partial charge >= 0.3 is 0 Å². The van der Waals surface area contributed by atoms with Crippen LogP contribution in [0.15, 0.2) is 79.1 Å². The van der Waals surface area contributed by atoms with Crippen LogP contribution in [0.3, 0.4) is 0 Å².